The lowest BCUT2D eigenvalue weighted by molar-refractivity contribution is 0.724. The zero-order valence-corrected chi connectivity index (χ0v) is 17.9. The van der Waals surface area contributed by atoms with Gasteiger partial charge in [-0.2, -0.15) is 0 Å². The van der Waals surface area contributed by atoms with Gasteiger partial charge in [-0.3, -0.25) is 0 Å². The summed E-state index contributed by atoms with van der Waals surface area (Å²) in [6, 6.07) is 40.9. The Morgan fingerprint density at radius 2 is 1.10 bits per heavy atom. The summed E-state index contributed by atoms with van der Waals surface area (Å²) < 4.78 is 0. The predicted octanol–water partition coefficient (Wildman–Crippen LogP) is 7.41. The first-order valence-corrected chi connectivity index (χ1v) is 10.8. The Balaban J connectivity index is 1.80. The molecule has 0 spiro atoms. The maximum Gasteiger partial charge on any atom is 0.137 e. The molecule has 0 bridgehead atoms. The number of aryl methyl sites for hydroxylation is 1. The number of hydrogen-bond donors (Lipinski definition) is 0. The molecule has 1 unspecified atom stereocenters. The van der Waals surface area contributed by atoms with Crippen molar-refractivity contribution >= 4 is 17.1 Å². The van der Waals surface area contributed by atoms with Crippen LogP contribution in [0.3, 0.4) is 0 Å². The van der Waals surface area contributed by atoms with Crippen molar-refractivity contribution < 1.29 is 0 Å². The number of allylic oxidation sites excluding steroid dienone is 1. The van der Waals surface area contributed by atoms with Crippen LogP contribution in [0.1, 0.15) is 29.8 Å². The average molecular weight is 403 g/mol. The monoisotopic (exact) mass is 402 g/mol. The molecule has 2 nitrogen and oxygen atoms in total. The van der Waals surface area contributed by atoms with E-state index in [9.17, 15) is 0 Å². The Morgan fingerprint density at radius 1 is 0.548 bits per heavy atom. The fraction of sp³-hybridized carbons (Fsp3) is 0.103. The van der Waals surface area contributed by atoms with Gasteiger partial charge in [0, 0.05) is 17.1 Å². The lowest BCUT2D eigenvalue weighted by Crippen LogP contribution is -2.33. The molecule has 1 heterocycles. The van der Waals surface area contributed by atoms with Crippen molar-refractivity contribution in [1.82, 2.24) is 0 Å². The van der Waals surface area contributed by atoms with Crippen molar-refractivity contribution in [3.05, 3.63) is 138 Å². The van der Waals surface area contributed by atoms with E-state index in [1.807, 2.05) is 0 Å². The molecule has 31 heavy (non-hydrogen) atoms. The average Bonchev–Trinajstić information content (AvgIpc) is 3.14. The Morgan fingerprint density at radius 3 is 1.74 bits per heavy atom. The predicted molar refractivity (Wildman–Crippen MR) is 131 cm³/mol. The zero-order valence-electron chi connectivity index (χ0n) is 17.9. The minimum atomic E-state index is 0.0277. The number of para-hydroxylation sites is 2. The summed E-state index contributed by atoms with van der Waals surface area (Å²) in [7, 11) is 0. The van der Waals surface area contributed by atoms with Gasteiger partial charge >= 0.3 is 0 Å². The van der Waals surface area contributed by atoms with Crippen LogP contribution in [0.25, 0.3) is 5.70 Å². The molecule has 0 N–H and O–H groups in total. The maximum absolute atomic E-state index is 2.49. The van der Waals surface area contributed by atoms with Crippen LogP contribution in [0.5, 0.6) is 0 Å². The van der Waals surface area contributed by atoms with Crippen molar-refractivity contribution in [1.29, 1.82) is 0 Å². The van der Waals surface area contributed by atoms with Crippen molar-refractivity contribution in [2.45, 2.75) is 20.0 Å². The highest BCUT2D eigenvalue weighted by Gasteiger charge is 2.39. The summed E-state index contributed by atoms with van der Waals surface area (Å²) in [6.45, 7) is 4.44. The van der Waals surface area contributed by atoms with Gasteiger partial charge in [0.05, 0.1) is 5.70 Å². The molecule has 0 aromatic heterocycles. The van der Waals surface area contributed by atoms with Crippen LogP contribution in [0.15, 0.2) is 121 Å². The van der Waals surface area contributed by atoms with E-state index >= 15 is 0 Å². The molecule has 1 aliphatic heterocycles. The molecule has 0 saturated heterocycles. The van der Waals surface area contributed by atoms with Gasteiger partial charge in [0.25, 0.3) is 0 Å². The van der Waals surface area contributed by atoms with Crippen molar-refractivity contribution in [2.24, 2.45) is 0 Å². The van der Waals surface area contributed by atoms with Crippen LogP contribution in [0.2, 0.25) is 0 Å². The third-order valence-electron chi connectivity index (χ3n) is 5.99. The molecular formula is C29H26N2. The third kappa shape index (κ3) is 3.40. The standard InChI is InChI=1S/C29H26N2/c1-22-14-12-13-21-27(22)30-23(2)28(24-15-6-3-7-16-24)31(26-19-10-5-11-20-26)29(30)25-17-8-4-9-18-25/h3-21,29H,1-2H3. The molecule has 0 radical (unpaired) electrons. The molecule has 0 amide bonds. The lowest BCUT2D eigenvalue weighted by Gasteiger charge is -2.36. The first-order chi connectivity index (χ1) is 15.3. The summed E-state index contributed by atoms with van der Waals surface area (Å²) in [4.78, 5) is 4.96. The molecule has 1 aliphatic rings. The van der Waals surface area contributed by atoms with Gasteiger partial charge in [-0.15, -0.1) is 0 Å². The minimum absolute atomic E-state index is 0.0277. The molecule has 152 valence electrons. The Labute approximate surface area is 184 Å². The van der Waals surface area contributed by atoms with Gasteiger partial charge in [-0.25, -0.2) is 0 Å². The fourth-order valence-corrected chi connectivity index (χ4v) is 4.58. The second kappa shape index (κ2) is 8.16. The highest BCUT2D eigenvalue weighted by Crippen LogP contribution is 2.48. The smallest absolute Gasteiger partial charge is 0.137 e. The quantitative estimate of drug-likeness (QED) is 0.351. The van der Waals surface area contributed by atoms with E-state index in [0.717, 1.165) is 0 Å². The van der Waals surface area contributed by atoms with Crippen LogP contribution < -0.4 is 9.80 Å². The summed E-state index contributed by atoms with van der Waals surface area (Å²) in [5.74, 6) is 0. The summed E-state index contributed by atoms with van der Waals surface area (Å²) in [6.07, 6.45) is 0.0277. The van der Waals surface area contributed by atoms with E-state index in [4.69, 9.17) is 0 Å². The van der Waals surface area contributed by atoms with Gasteiger partial charge in [0.15, 0.2) is 0 Å². The second-order valence-electron chi connectivity index (χ2n) is 7.95. The summed E-state index contributed by atoms with van der Waals surface area (Å²) in [5.41, 5.74) is 8.67. The molecule has 1 atom stereocenters. The summed E-state index contributed by atoms with van der Waals surface area (Å²) >= 11 is 0. The number of hydrogen-bond acceptors (Lipinski definition) is 2. The van der Waals surface area contributed by atoms with E-state index in [-0.39, 0.29) is 6.17 Å². The van der Waals surface area contributed by atoms with Crippen LogP contribution >= 0.6 is 0 Å². The number of anilines is 2. The molecule has 5 rings (SSSR count). The van der Waals surface area contributed by atoms with Gasteiger partial charge in [0.2, 0.25) is 0 Å². The van der Waals surface area contributed by atoms with Crippen LogP contribution in [-0.4, -0.2) is 0 Å². The maximum atomic E-state index is 2.49. The molecule has 0 fully saturated rings. The van der Waals surface area contributed by atoms with E-state index in [0.29, 0.717) is 0 Å². The zero-order chi connectivity index (χ0) is 21.2. The third-order valence-corrected chi connectivity index (χ3v) is 5.99. The minimum Gasteiger partial charge on any atom is -0.318 e. The normalized spacial score (nSPS) is 16.1. The molecular weight excluding hydrogens is 376 g/mol. The van der Waals surface area contributed by atoms with Crippen molar-refractivity contribution in [3.8, 4) is 0 Å². The van der Waals surface area contributed by atoms with Crippen LogP contribution in [0, 0.1) is 6.92 Å². The molecule has 2 heteroatoms. The van der Waals surface area contributed by atoms with E-state index in [2.05, 4.69) is 139 Å². The van der Waals surface area contributed by atoms with Crippen LogP contribution in [-0.2, 0) is 0 Å². The van der Waals surface area contributed by atoms with E-state index < -0.39 is 0 Å². The number of nitrogens with zero attached hydrogens (tertiary/aromatic N) is 2. The molecule has 0 saturated carbocycles. The van der Waals surface area contributed by atoms with Crippen LogP contribution in [0.4, 0.5) is 11.4 Å². The van der Waals surface area contributed by atoms with E-state index in [1.54, 1.807) is 0 Å². The van der Waals surface area contributed by atoms with Gasteiger partial charge < -0.3 is 9.80 Å². The van der Waals surface area contributed by atoms with Gasteiger partial charge in [-0.1, -0.05) is 97.1 Å². The highest BCUT2D eigenvalue weighted by atomic mass is 15.4. The molecule has 4 aromatic rings. The fourth-order valence-electron chi connectivity index (χ4n) is 4.58. The Kier molecular flexibility index (Phi) is 5.05. The largest absolute Gasteiger partial charge is 0.318 e. The Hall–Kier alpha value is -3.78. The first kappa shape index (κ1) is 19.2. The first-order valence-electron chi connectivity index (χ1n) is 10.8. The van der Waals surface area contributed by atoms with E-state index in [1.165, 1.54) is 39.5 Å². The Bertz CT molecular complexity index is 1200. The van der Waals surface area contributed by atoms with Gasteiger partial charge in [-0.05, 0) is 48.7 Å². The van der Waals surface area contributed by atoms with Crippen molar-refractivity contribution in [3.63, 3.8) is 0 Å². The topological polar surface area (TPSA) is 6.48 Å². The summed E-state index contributed by atoms with van der Waals surface area (Å²) in [5, 5.41) is 0. The number of benzene rings is 4. The second-order valence-corrected chi connectivity index (χ2v) is 7.95. The number of rotatable bonds is 4. The molecule has 0 aliphatic carbocycles. The molecule has 4 aromatic carbocycles. The van der Waals surface area contributed by atoms with Gasteiger partial charge in [0.1, 0.15) is 6.17 Å². The van der Waals surface area contributed by atoms with Crippen molar-refractivity contribution in [2.75, 3.05) is 9.80 Å². The SMILES string of the molecule is CC1=C(c2ccccc2)N(c2ccccc2)C(c2ccccc2)N1c1ccccc1C. The lowest BCUT2D eigenvalue weighted by atomic mass is 10.1. The highest BCUT2D eigenvalue weighted by molar-refractivity contribution is 5.89.